The molecule has 0 fully saturated rings. The van der Waals surface area contributed by atoms with Crippen molar-refractivity contribution in [2.75, 3.05) is 4.90 Å². The van der Waals surface area contributed by atoms with E-state index < -0.39 is 0 Å². The first kappa shape index (κ1) is 24.0. The van der Waals surface area contributed by atoms with Crippen LogP contribution in [-0.4, -0.2) is 9.55 Å². The predicted octanol–water partition coefficient (Wildman–Crippen LogP) is 10.8. The summed E-state index contributed by atoms with van der Waals surface area (Å²) in [6, 6.07) is 52.5. The molecule has 0 amide bonds. The number of hydrogen-bond donors (Lipinski definition) is 0. The van der Waals surface area contributed by atoms with Gasteiger partial charge < -0.3 is 4.90 Å². The predicted molar refractivity (Wildman–Crippen MR) is 180 cm³/mol. The van der Waals surface area contributed by atoms with Gasteiger partial charge >= 0.3 is 0 Å². The van der Waals surface area contributed by atoms with Crippen LogP contribution in [-0.2, 0) is 0 Å². The maximum Gasteiger partial charge on any atom is 0.111 e. The molecule has 0 radical (unpaired) electrons. The minimum Gasteiger partial charge on any atom is -0.306 e. The number of aromatic nitrogens is 2. The largest absolute Gasteiger partial charge is 0.306 e. The van der Waals surface area contributed by atoms with Gasteiger partial charge in [-0.25, -0.2) is 4.98 Å². The van der Waals surface area contributed by atoms with Crippen LogP contribution in [0.5, 0.6) is 0 Å². The van der Waals surface area contributed by atoms with Crippen molar-refractivity contribution in [1.82, 2.24) is 9.55 Å². The van der Waals surface area contributed by atoms with Crippen molar-refractivity contribution in [3.05, 3.63) is 151 Å². The molecule has 0 spiro atoms. The van der Waals surface area contributed by atoms with E-state index in [1.165, 1.54) is 43.8 Å². The fourth-order valence-electron chi connectivity index (χ4n) is 7.09. The third kappa shape index (κ3) is 3.45. The molecule has 0 atom stereocenters. The monoisotopic (exact) mass is 549 g/mol. The average Bonchev–Trinajstić information content (AvgIpc) is 3.41. The highest BCUT2D eigenvalue weighted by molar-refractivity contribution is 6.21. The van der Waals surface area contributed by atoms with E-state index in [2.05, 4.69) is 162 Å². The third-order valence-corrected chi connectivity index (χ3v) is 8.82. The molecular formula is C40H27N3. The third-order valence-electron chi connectivity index (χ3n) is 8.82. The Morgan fingerprint density at radius 2 is 1.05 bits per heavy atom. The summed E-state index contributed by atoms with van der Waals surface area (Å²) in [6.45, 7) is 2.10. The Morgan fingerprint density at radius 3 is 1.70 bits per heavy atom. The average molecular weight is 550 g/mol. The maximum atomic E-state index is 4.95. The molecule has 0 aliphatic carbocycles. The summed E-state index contributed by atoms with van der Waals surface area (Å²) in [7, 11) is 0. The molecule has 7 aromatic carbocycles. The first-order valence-corrected chi connectivity index (χ1v) is 14.7. The van der Waals surface area contributed by atoms with Crippen LogP contribution in [0.15, 0.2) is 146 Å². The zero-order chi connectivity index (χ0) is 28.5. The topological polar surface area (TPSA) is 21.1 Å². The summed E-state index contributed by atoms with van der Waals surface area (Å²) in [5.41, 5.74) is 11.7. The number of benzene rings is 7. The molecule has 9 rings (SSSR count). The van der Waals surface area contributed by atoms with Crippen molar-refractivity contribution in [2.45, 2.75) is 6.92 Å². The van der Waals surface area contributed by atoms with Gasteiger partial charge in [0, 0.05) is 5.69 Å². The van der Waals surface area contributed by atoms with E-state index in [9.17, 15) is 0 Å². The molecule has 3 nitrogen and oxygen atoms in total. The van der Waals surface area contributed by atoms with E-state index in [1.54, 1.807) is 0 Å². The Hall–Kier alpha value is -5.67. The number of imidazole rings is 1. The second-order valence-corrected chi connectivity index (χ2v) is 11.2. The van der Waals surface area contributed by atoms with E-state index in [0.29, 0.717) is 0 Å². The highest BCUT2D eigenvalue weighted by Gasteiger charge is 2.29. The molecule has 43 heavy (non-hydrogen) atoms. The van der Waals surface area contributed by atoms with Crippen LogP contribution >= 0.6 is 0 Å². The zero-order valence-corrected chi connectivity index (χ0v) is 23.7. The molecule has 8 aromatic rings. The lowest BCUT2D eigenvalue weighted by atomic mass is 9.85. The number of para-hydroxylation sites is 2. The van der Waals surface area contributed by atoms with Crippen molar-refractivity contribution in [2.24, 2.45) is 0 Å². The van der Waals surface area contributed by atoms with Gasteiger partial charge in [0.15, 0.2) is 0 Å². The Bertz CT molecular complexity index is 2290. The summed E-state index contributed by atoms with van der Waals surface area (Å²) in [4.78, 5) is 7.34. The summed E-state index contributed by atoms with van der Waals surface area (Å²) >= 11 is 0. The zero-order valence-electron chi connectivity index (χ0n) is 23.7. The van der Waals surface area contributed by atoms with Gasteiger partial charge in [0.2, 0.25) is 0 Å². The van der Waals surface area contributed by atoms with Crippen molar-refractivity contribution in [3.63, 3.8) is 0 Å². The van der Waals surface area contributed by atoms with Gasteiger partial charge in [-0.3, -0.25) is 4.57 Å². The van der Waals surface area contributed by atoms with Crippen LogP contribution in [0.25, 0.3) is 60.5 Å². The van der Waals surface area contributed by atoms with Crippen LogP contribution in [0.3, 0.4) is 0 Å². The SMILES string of the molecule is Cc1nc2cccc3c2n1-c1ccc(-c2c4ccccc4c(-c4ccccc4)c4ccccc24)cc1N3c1ccccc1. The van der Waals surface area contributed by atoms with Crippen LogP contribution in [0, 0.1) is 6.92 Å². The molecule has 1 aliphatic rings. The van der Waals surface area contributed by atoms with Crippen LogP contribution < -0.4 is 4.90 Å². The summed E-state index contributed by atoms with van der Waals surface area (Å²) in [5.74, 6) is 0.993. The summed E-state index contributed by atoms with van der Waals surface area (Å²) < 4.78 is 2.32. The lowest BCUT2D eigenvalue weighted by Gasteiger charge is -2.33. The van der Waals surface area contributed by atoms with Crippen LogP contribution in [0.1, 0.15) is 5.82 Å². The molecule has 0 unspecified atom stereocenters. The number of aryl methyl sites for hydroxylation is 1. The minimum atomic E-state index is 0.993. The normalized spacial score (nSPS) is 12.3. The molecule has 0 N–H and O–H groups in total. The lowest BCUT2D eigenvalue weighted by Crippen LogP contribution is -2.18. The maximum absolute atomic E-state index is 4.95. The van der Waals surface area contributed by atoms with Crippen LogP contribution in [0.4, 0.5) is 17.1 Å². The Balaban J connectivity index is 1.38. The van der Waals surface area contributed by atoms with Crippen LogP contribution in [0.2, 0.25) is 0 Å². The van der Waals surface area contributed by atoms with Crippen molar-refractivity contribution >= 4 is 49.6 Å². The van der Waals surface area contributed by atoms with E-state index in [-0.39, 0.29) is 0 Å². The molecule has 202 valence electrons. The number of anilines is 3. The molecule has 1 aliphatic heterocycles. The smallest absolute Gasteiger partial charge is 0.111 e. The number of fused-ring (bicyclic) bond motifs is 4. The quantitative estimate of drug-likeness (QED) is 0.204. The molecule has 3 heteroatoms. The van der Waals surface area contributed by atoms with E-state index in [4.69, 9.17) is 4.98 Å². The summed E-state index contributed by atoms with van der Waals surface area (Å²) in [5, 5.41) is 5.03. The lowest BCUT2D eigenvalue weighted by molar-refractivity contribution is 0.982. The minimum absolute atomic E-state index is 0.993. The van der Waals surface area contributed by atoms with Gasteiger partial charge in [-0.1, -0.05) is 109 Å². The number of rotatable bonds is 3. The van der Waals surface area contributed by atoms with Gasteiger partial charge in [0.25, 0.3) is 0 Å². The van der Waals surface area contributed by atoms with E-state index >= 15 is 0 Å². The fraction of sp³-hybridized carbons (Fsp3) is 0.0250. The Kier molecular flexibility index (Phi) is 5.11. The van der Waals surface area contributed by atoms with Crippen molar-refractivity contribution in [1.29, 1.82) is 0 Å². The second-order valence-electron chi connectivity index (χ2n) is 11.2. The Labute approximate surface area is 249 Å². The number of hydrogen-bond acceptors (Lipinski definition) is 2. The van der Waals surface area contributed by atoms with Gasteiger partial charge in [0.1, 0.15) is 5.82 Å². The molecule has 1 aromatic heterocycles. The first-order valence-electron chi connectivity index (χ1n) is 14.7. The Morgan fingerprint density at radius 1 is 0.465 bits per heavy atom. The van der Waals surface area contributed by atoms with Gasteiger partial charge in [-0.2, -0.15) is 0 Å². The fourth-order valence-corrected chi connectivity index (χ4v) is 7.09. The molecule has 0 bridgehead atoms. The molecule has 0 saturated heterocycles. The number of nitrogens with zero attached hydrogens (tertiary/aromatic N) is 3. The van der Waals surface area contributed by atoms with Gasteiger partial charge in [-0.15, -0.1) is 0 Å². The van der Waals surface area contributed by atoms with E-state index in [1.807, 2.05) is 0 Å². The van der Waals surface area contributed by atoms with Gasteiger partial charge in [0.05, 0.1) is 28.1 Å². The summed E-state index contributed by atoms with van der Waals surface area (Å²) in [6.07, 6.45) is 0. The van der Waals surface area contributed by atoms with Gasteiger partial charge in [-0.05, 0) is 87.1 Å². The second kappa shape index (κ2) is 9.17. The highest BCUT2D eigenvalue weighted by atomic mass is 15.2. The highest BCUT2D eigenvalue weighted by Crippen LogP contribution is 2.50. The van der Waals surface area contributed by atoms with Crippen molar-refractivity contribution in [3.8, 4) is 27.9 Å². The van der Waals surface area contributed by atoms with Crippen molar-refractivity contribution < 1.29 is 0 Å². The van der Waals surface area contributed by atoms with E-state index in [0.717, 1.165) is 39.6 Å². The molecular weight excluding hydrogens is 522 g/mol. The molecule has 0 saturated carbocycles. The standard InChI is InChI=1S/C40H27N3/c1-26-41-34-21-12-22-36-40(34)42(26)35-24-23-28(25-37(35)43(36)29-15-6-3-7-16-29)39-32-19-10-8-17-30(32)38(27-13-4-2-5-14-27)31-18-9-11-20-33(31)39/h2-25H,1H3. The first-order chi connectivity index (χ1) is 21.3. The molecule has 2 heterocycles.